The van der Waals surface area contributed by atoms with E-state index < -0.39 is 0 Å². The molecule has 4 heteroatoms. The maximum absolute atomic E-state index is 11.6. The van der Waals surface area contributed by atoms with E-state index in [1.165, 1.54) is 11.3 Å². The third-order valence-electron chi connectivity index (χ3n) is 2.00. The zero-order valence-corrected chi connectivity index (χ0v) is 10.7. The van der Waals surface area contributed by atoms with Gasteiger partial charge >= 0.3 is 0 Å². The van der Waals surface area contributed by atoms with Crippen LogP contribution in [0.2, 0.25) is 0 Å². The fourth-order valence-electron chi connectivity index (χ4n) is 1.03. The van der Waals surface area contributed by atoms with Gasteiger partial charge in [-0.25, -0.2) is 0 Å². The van der Waals surface area contributed by atoms with Crippen molar-refractivity contribution in [2.24, 2.45) is 0 Å². The van der Waals surface area contributed by atoms with Crippen molar-refractivity contribution in [3.8, 4) is 0 Å². The number of aryl methyl sites for hydroxylation is 1. The van der Waals surface area contributed by atoms with Gasteiger partial charge in [-0.1, -0.05) is 22.9 Å². The maximum atomic E-state index is 11.6. The molecule has 0 aliphatic carbocycles. The van der Waals surface area contributed by atoms with E-state index in [0.717, 1.165) is 16.9 Å². The molecule has 1 heterocycles. The lowest BCUT2D eigenvalue weighted by atomic mass is 10.2. The summed E-state index contributed by atoms with van der Waals surface area (Å²) in [6.45, 7) is 4.73. The van der Waals surface area contributed by atoms with Gasteiger partial charge in [0.05, 0.1) is 4.88 Å². The highest BCUT2D eigenvalue weighted by atomic mass is 79.9. The quantitative estimate of drug-likeness (QED) is 0.842. The number of carbonyl (C=O) groups excluding carboxylic acids is 1. The van der Waals surface area contributed by atoms with Crippen LogP contribution in [-0.4, -0.2) is 17.3 Å². The summed E-state index contributed by atoms with van der Waals surface area (Å²) in [5, 5.41) is 4.84. The monoisotopic (exact) mass is 275 g/mol. The molecule has 0 saturated carbocycles. The number of hydrogen-bond acceptors (Lipinski definition) is 2. The average Bonchev–Trinajstić information content (AvgIpc) is 2.60. The minimum atomic E-state index is 0.0374. The molecule has 0 aromatic carbocycles. The second kappa shape index (κ2) is 5.51. The van der Waals surface area contributed by atoms with E-state index in [1.54, 1.807) is 0 Å². The van der Waals surface area contributed by atoms with Crippen LogP contribution in [0.25, 0.3) is 0 Å². The molecular weight excluding hydrogens is 262 g/mol. The fraction of sp³-hybridized carbons (Fsp3) is 0.500. The Bertz CT molecular complexity index is 311. The first-order chi connectivity index (χ1) is 6.65. The highest BCUT2D eigenvalue weighted by molar-refractivity contribution is 9.09. The van der Waals surface area contributed by atoms with Crippen LogP contribution >= 0.6 is 27.3 Å². The van der Waals surface area contributed by atoms with E-state index in [0.29, 0.717) is 11.4 Å². The zero-order chi connectivity index (χ0) is 10.6. The van der Waals surface area contributed by atoms with Crippen LogP contribution in [0.15, 0.2) is 11.4 Å². The number of hydrogen-bond donors (Lipinski definition) is 1. The predicted octanol–water partition coefficient (Wildman–Crippen LogP) is 2.96. The van der Waals surface area contributed by atoms with Crippen LogP contribution in [0.5, 0.6) is 0 Å². The Morgan fingerprint density at radius 1 is 1.71 bits per heavy atom. The van der Waals surface area contributed by atoms with Crippen molar-refractivity contribution in [3.05, 3.63) is 21.9 Å². The molecule has 2 nitrogen and oxygen atoms in total. The van der Waals surface area contributed by atoms with Crippen molar-refractivity contribution < 1.29 is 4.79 Å². The second-order valence-corrected chi connectivity index (χ2v) is 5.36. The third kappa shape index (κ3) is 3.10. The first-order valence-electron chi connectivity index (χ1n) is 4.61. The molecule has 78 valence electrons. The van der Waals surface area contributed by atoms with E-state index in [-0.39, 0.29) is 5.91 Å². The Balaban J connectivity index is 2.47. The standard InChI is InChI=1S/C10H14BrNOS/c1-3-8(11)6-12-10(13)9-7(2)4-5-14-9/h4-5,8H,3,6H2,1-2H3,(H,12,13). The van der Waals surface area contributed by atoms with Gasteiger partial charge in [-0.15, -0.1) is 11.3 Å². The summed E-state index contributed by atoms with van der Waals surface area (Å²) in [7, 11) is 0. The summed E-state index contributed by atoms with van der Waals surface area (Å²) in [4.78, 5) is 12.8. The Hall–Kier alpha value is -0.350. The van der Waals surface area contributed by atoms with Crippen LogP contribution in [0.4, 0.5) is 0 Å². The van der Waals surface area contributed by atoms with Crippen molar-refractivity contribution in [2.75, 3.05) is 6.54 Å². The molecule has 1 atom stereocenters. The SMILES string of the molecule is CCC(Br)CNC(=O)c1sccc1C. The van der Waals surface area contributed by atoms with Crippen LogP contribution in [-0.2, 0) is 0 Å². The molecule has 0 bridgehead atoms. The molecule has 1 rings (SSSR count). The summed E-state index contributed by atoms with van der Waals surface area (Å²) in [6, 6.07) is 1.96. The topological polar surface area (TPSA) is 29.1 Å². The lowest BCUT2D eigenvalue weighted by Gasteiger charge is -2.08. The first kappa shape index (κ1) is 11.7. The number of amides is 1. The molecule has 1 aromatic rings. The molecule has 0 saturated heterocycles. The van der Waals surface area contributed by atoms with Gasteiger partial charge in [0.15, 0.2) is 0 Å². The Morgan fingerprint density at radius 2 is 2.43 bits per heavy atom. The molecule has 0 aliphatic heterocycles. The molecule has 1 N–H and O–H groups in total. The van der Waals surface area contributed by atoms with E-state index in [2.05, 4.69) is 28.2 Å². The summed E-state index contributed by atoms with van der Waals surface area (Å²) < 4.78 is 0. The van der Waals surface area contributed by atoms with E-state index in [9.17, 15) is 4.79 Å². The number of carbonyl (C=O) groups is 1. The van der Waals surface area contributed by atoms with Gasteiger partial charge in [-0.2, -0.15) is 0 Å². The molecule has 0 fully saturated rings. The summed E-state index contributed by atoms with van der Waals surface area (Å²) in [5.74, 6) is 0.0374. The highest BCUT2D eigenvalue weighted by Gasteiger charge is 2.10. The molecule has 1 aromatic heterocycles. The largest absolute Gasteiger partial charge is 0.350 e. The fourth-order valence-corrected chi connectivity index (χ4v) is 2.04. The second-order valence-electron chi connectivity index (χ2n) is 3.15. The van der Waals surface area contributed by atoms with E-state index in [1.807, 2.05) is 18.4 Å². The molecule has 0 radical (unpaired) electrons. The predicted molar refractivity (Wildman–Crippen MR) is 64.4 cm³/mol. The summed E-state index contributed by atoms with van der Waals surface area (Å²) in [6.07, 6.45) is 1.02. The number of nitrogens with one attached hydrogen (secondary N) is 1. The van der Waals surface area contributed by atoms with Crippen LogP contribution in [0.3, 0.4) is 0 Å². The van der Waals surface area contributed by atoms with Crippen LogP contribution < -0.4 is 5.32 Å². The van der Waals surface area contributed by atoms with Crippen LogP contribution in [0.1, 0.15) is 28.6 Å². The van der Waals surface area contributed by atoms with Gasteiger partial charge in [0.1, 0.15) is 0 Å². The molecule has 0 aliphatic rings. The van der Waals surface area contributed by atoms with Gasteiger partial charge in [-0.3, -0.25) is 4.79 Å². The smallest absolute Gasteiger partial charge is 0.261 e. The van der Waals surface area contributed by atoms with E-state index >= 15 is 0 Å². The zero-order valence-electron chi connectivity index (χ0n) is 8.34. The number of thiophene rings is 1. The molecule has 1 unspecified atom stereocenters. The van der Waals surface area contributed by atoms with Crippen molar-refractivity contribution in [1.29, 1.82) is 0 Å². The number of alkyl halides is 1. The van der Waals surface area contributed by atoms with Crippen molar-refractivity contribution in [1.82, 2.24) is 5.32 Å². The molecular formula is C10H14BrNOS. The molecule has 1 amide bonds. The minimum absolute atomic E-state index is 0.0374. The molecule has 14 heavy (non-hydrogen) atoms. The minimum Gasteiger partial charge on any atom is -0.350 e. The Labute approximate surface area is 96.8 Å². The number of rotatable bonds is 4. The third-order valence-corrected chi connectivity index (χ3v) is 3.98. The lowest BCUT2D eigenvalue weighted by molar-refractivity contribution is 0.0957. The van der Waals surface area contributed by atoms with Gasteiger partial charge in [0.25, 0.3) is 5.91 Å². The van der Waals surface area contributed by atoms with Crippen LogP contribution in [0, 0.1) is 6.92 Å². The van der Waals surface area contributed by atoms with Gasteiger partial charge < -0.3 is 5.32 Å². The van der Waals surface area contributed by atoms with Crippen molar-refractivity contribution >= 4 is 33.2 Å². The highest BCUT2D eigenvalue weighted by Crippen LogP contribution is 2.15. The normalized spacial score (nSPS) is 12.5. The lowest BCUT2D eigenvalue weighted by Crippen LogP contribution is -2.29. The van der Waals surface area contributed by atoms with Gasteiger partial charge in [0, 0.05) is 11.4 Å². The molecule has 0 spiro atoms. The van der Waals surface area contributed by atoms with Crippen molar-refractivity contribution in [2.45, 2.75) is 25.1 Å². The maximum Gasteiger partial charge on any atom is 0.261 e. The van der Waals surface area contributed by atoms with Gasteiger partial charge in [0.2, 0.25) is 0 Å². The summed E-state index contributed by atoms with van der Waals surface area (Å²) in [5.41, 5.74) is 1.05. The van der Waals surface area contributed by atoms with E-state index in [4.69, 9.17) is 0 Å². The average molecular weight is 276 g/mol. The van der Waals surface area contributed by atoms with Gasteiger partial charge in [-0.05, 0) is 30.4 Å². The summed E-state index contributed by atoms with van der Waals surface area (Å²) >= 11 is 4.97. The Morgan fingerprint density at radius 3 is 2.93 bits per heavy atom. The first-order valence-corrected chi connectivity index (χ1v) is 6.41. The van der Waals surface area contributed by atoms with Crippen molar-refractivity contribution in [3.63, 3.8) is 0 Å². The Kier molecular flexibility index (Phi) is 4.62. The number of halogens is 1.